The molecule has 1 atom stereocenters. The predicted molar refractivity (Wildman–Crippen MR) is 149 cm³/mol. The van der Waals surface area contributed by atoms with Crippen molar-refractivity contribution in [3.05, 3.63) is 59.4 Å². The quantitative estimate of drug-likeness (QED) is 0.169. The van der Waals surface area contributed by atoms with E-state index in [0.717, 1.165) is 12.1 Å². The van der Waals surface area contributed by atoms with E-state index in [0.29, 0.717) is 19.3 Å². The number of carbonyl (C=O) groups excluding carboxylic acids is 2. The Labute approximate surface area is 250 Å². The number of rotatable bonds is 12. The van der Waals surface area contributed by atoms with Crippen LogP contribution in [0.3, 0.4) is 0 Å². The van der Waals surface area contributed by atoms with E-state index in [-0.39, 0.29) is 47.9 Å². The zero-order chi connectivity index (χ0) is 32.5. The molecule has 0 spiro atoms. The average Bonchev–Trinajstić information content (AvgIpc) is 3.66. The Morgan fingerprint density at radius 3 is 2.27 bits per heavy atom. The number of alkyl halides is 6. The lowest BCUT2D eigenvalue weighted by Gasteiger charge is -2.41. The minimum atomic E-state index is -5.06. The van der Waals surface area contributed by atoms with Crippen LogP contribution in [0.2, 0.25) is 0 Å². The molecule has 4 rings (SSSR count). The topological polar surface area (TPSA) is 107 Å². The van der Waals surface area contributed by atoms with Crippen molar-refractivity contribution in [2.45, 2.75) is 88.0 Å². The van der Waals surface area contributed by atoms with Crippen molar-refractivity contribution in [1.82, 2.24) is 14.6 Å². The maximum Gasteiger partial charge on any atom is 0.416 e. The van der Waals surface area contributed by atoms with Crippen molar-refractivity contribution in [1.29, 1.82) is 0 Å². The first kappa shape index (κ1) is 33.4. The second-order valence-electron chi connectivity index (χ2n) is 11.3. The Bertz CT molecular complexity index is 1510. The Morgan fingerprint density at radius 2 is 1.73 bits per heavy atom. The molecule has 2 heterocycles. The van der Waals surface area contributed by atoms with Crippen LogP contribution >= 0.6 is 0 Å². The molecule has 2 N–H and O–H groups in total. The number of carbonyl (C=O) groups is 2. The highest BCUT2D eigenvalue weighted by Gasteiger charge is 2.60. The fourth-order valence-corrected chi connectivity index (χ4v) is 6.26. The van der Waals surface area contributed by atoms with Gasteiger partial charge in [-0.25, -0.2) is 13.1 Å². The fourth-order valence-electron chi connectivity index (χ4n) is 4.97. The van der Waals surface area contributed by atoms with Crippen LogP contribution in [0, 0.1) is 0 Å². The van der Waals surface area contributed by atoms with Gasteiger partial charge in [-0.05, 0) is 80.9 Å². The highest BCUT2D eigenvalue weighted by Crippen LogP contribution is 2.49. The third kappa shape index (κ3) is 7.59. The number of amides is 2. The van der Waals surface area contributed by atoms with Gasteiger partial charge in [-0.15, -0.1) is 0 Å². The molecule has 0 saturated heterocycles. The third-order valence-corrected chi connectivity index (χ3v) is 9.41. The molecule has 0 unspecified atom stereocenters. The van der Waals surface area contributed by atoms with Gasteiger partial charge in [-0.1, -0.05) is 12.1 Å². The van der Waals surface area contributed by atoms with E-state index in [1.165, 1.54) is 24.4 Å². The fraction of sp³-hybridized carbons (Fsp3) is 0.517. The molecular weight excluding hydrogens is 616 g/mol. The smallest absolute Gasteiger partial charge is 0.416 e. The summed E-state index contributed by atoms with van der Waals surface area (Å²) in [6.07, 6.45) is -6.89. The number of benzene rings is 1. The second kappa shape index (κ2) is 12.5. The highest BCUT2D eigenvalue weighted by molar-refractivity contribution is 7.91. The molecule has 0 radical (unpaired) electrons. The van der Waals surface area contributed by atoms with Gasteiger partial charge < -0.3 is 14.6 Å². The molecule has 2 amide bonds. The zero-order valence-electron chi connectivity index (χ0n) is 24.0. The molecule has 15 heteroatoms. The van der Waals surface area contributed by atoms with E-state index in [4.69, 9.17) is 4.74 Å². The van der Waals surface area contributed by atoms with Crippen molar-refractivity contribution in [3.63, 3.8) is 0 Å². The number of hydrogen-bond acceptors (Lipinski definition) is 5. The lowest BCUT2D eigenvalue weighted by atomic mass is 9.76. The standard InChI is InChI=1S/C29H33F6N3O5S/c1-18(2)38-14-12-19(17-38)23-16-27(29(33,34)35,36-25(39)24(23)26(40)37-44(41,42)22-10-11-22)20-6-8-21(9-7-20)43-15-5-3-4-13-28(30,31)32/h6-9,12,14,17-18,22H,3-5,10-11,13,15-16H2,1-2H3,(H,36,39)(H,37,40)/t27-/m0/s1. The maximum atomic E-state index is 14.9. The van der Waals surface area contributed by atoms with Crippen LogP contribution < -0.4 is 14.8 Å². The largest absolute Gasteiger partial charge is 0.494 e. The molecule has 242 valence electrons. The number of nitrogens with one attached hydrogen (secondary N) is 2. The summed E-state index contributed by atoms with van der Waals surface area (Å²) in [5.74, 6) is -2.51. The second-order valence-corrected chi connectivity index (χ2v) is 13.3. The zero-order valence-corrected chi connectivity index (χ0v) is 24.8. The van der Waals surface area contributed by atoms with Gasteiger partial charge in [0.15, 0.2) is 5.54 Å². The van der Waals surface area contributed by atoms with E-state index in [9.17, 15) is 44.3 Å². The summed E-state index contributed by atoms with van der Waals surface area (Å²) in [4.78, 5) is 26.6. The predicted octanol–water partition coefficient (Wildman–Crippen LogP) is 5.91. The Balaban J connectivity index is 1.64. The molecule has 1 aliphatic carbocycles. The highest BCUT2D eigenvalue weighted by atomic mass is 32.2. The maximum absolute atomic E-state index is 14.9. The molecule has 1 saturated carbocycles. The van der Waals surface area contributed by atoms with E-state index in [2.05, 4.69) is 0 Å². The number of halogens is 6. The molecule has 1 fully saturated rings. The van der Waals surface area contributed by atoms with Gasteiger partial charge in [0.2, 0.25) is 10.0 Å². The molecular formula is C29H33F6N3O5S. The van der Waals surface area contributed by atoms with Gasteiger partial charge in [0.1, 0.15) is 11.3 Å². The van der Waals surface area contributed by atoms with E-state index in [1.807, 2.05) is 23.9 Å². The average molecular weight is 650 g/mol. The van der Waals surface area contributed by atoms with Gasteiger partial charge in [0, 0.05) is 31.3 Å². The Morgan fingerprint density at radius 1 is 1.07 bits per heavy atom. The lowest BCUT2D eigenvalue weighted by molar-refractivity contribution is -0.201. The van der Waals surface area contributed by atoms with Crippen LogP contribution in [0.1, 0.15) is 76.0 Å². The molecule has 0 bridgehead atoms. The van der Waals surface area contributed by atoms with E-state index in [1.54, 1.807) is 10.8 Å². The number of sulfonamides is 1. The summed E-state index contributed by atoms with van der Waals surface area (Å²) in [5.41, 5.74) is -4.17. The van der Waals surface area contributed by atoms with Crippen LogP contribution in [-0.2, 0) is 25.2 Å². The Kier molecular flexibility index (Phi) is 9.48. The molecule has 8 nitrogen and oxygen atoms in total. The van der Waals surface area contributed by atoms with Gasteiger partial charge in [0.25, 0.3) is 11.8 Å². The number of hydrogen-bond donors (Lipinski definition) is 2. The molecule has 1 aliphatic heterocycles. The van der Waals surface area contributed by atoms with Crippen molar-refractivity contribution in [3.8, 4) is 5.75 Å². The molecule has 2 aliphatic rings. The van der Waals surface area contributed by atoms with Crippen molar-refractivity contribution in [2.24, 2.45) is 0 Å². The normalized spacial score (nSPS) is 19.7. The number of unbranched alkanes of at least 4 members (excludes halogenated alkanes) is 2. The summed E-state index contributed by atoms with van der Waals surface area (Å²) in [6.45, 7) is 3.71. The lowest BCUT2D eigenvalue weighted by Crippen LogP contribution is -2.59. The summed E-state index contributed by atoms with van der Waals surface area (Å²) in [6, 6.07) is 6.11. The SMILES string of the molecule is CC(C)n1ccc(C2=C(C(=O)NS(=O)(=O)C3CC3)C(=O)N[C@@](c3ccc(OCCCCCC(F)(F)F)cc3)(C(F)(F)F)C2)c1. The van der Waals surface area contributed by atoms with Crippen molar-refractivity contribution < 1.29 is 49.1 Å². The third-order valence-electron chi connectivity index (χ3n) is 7.59. The van der Waals surface area contributed by atoms with Crippen LogP contribution in [0.15, 0.2) is 48.3 Å². The summed E-state index contributed by atoms with van der Waals surface area (Å²) >= 11 is 0. The minimum absolute atomic E-state index is 0.0559. The number of nitrogens with zero attached hydrogens (tertiary/aromatic N) is 1. The molecule has 1 aromatic heterocycles. The molecule has 44 heavy (non-hydrogen) atoms. The first-order chi connectivity index (χ1) is 20.4. The van der Waals surface area contributed by atoms with Gasteiger partial charge in [-0.3, -0.25) is 9.59 Å². The first-order valence-electron chi connectivity index (χ1n) is 14.1. The monoisotopic (exact) mass is 649 g/mol. The summed E-state index contributed by atoms with van der Waals surface area (Å²) in [7, 11) is -4.11. The van der Waals surface area contributed by atoms with Crippen molar-refractivity contribution >= 4 is 27.4 Å². The summed E-state index contributed by atoms with van der Waals surface area (Å²) < 4.78 is 116. The van der Waals surface area contributed by atoms with Crippen LogP contribution in [0.4, 0.5) is 26.3 Å². The Hall–Kier alpha value is -3.49. The molecule has 2 aromatic rings. The van der Waals surface area contributed by atoms with Gasteiger partial charge in [0.05, 0.1) is 11.9 Å². The number of ether oxygens (including phenoxy) is 1. The van der Waals surface area contributed by atoms with E-state index >= 15 is 0 Å². The van der Waals surface area contributed by atoms with Gasteiger partial charge >= 0.3 is 12.4 Å². The van der Waals surface area contributed by atoms with Crippen LogP contribution in [0.25, 0.3) is 5.57 Å². The molecule has 1 aromatic carbocycles. The number of aromatic nitrogens is 1. The minimum Gasteiger partial charge on any atom is -0.494 e. The van der Waals surface area contributed by atoms with Gasteiger partial charge in [-0.2, -0.15) is 26.3 Å². The summed E-state index contributed by atoms with van der Waals surface area (Å²) in [5, 5.41) is 1.15. The van der Waals surface area contributed by atoms with E-state index < -0.39 is 63.4 Å². The van der Waals surface area contributed by atoms with Crippen LogP contribution in [-0.4, -0.2) is 49.0 Å². The van der Waals surface area contributed by atoms with Crippen LogP contribution in [0.5, 0.6) is 5.75 Å². The first-order valence-corrected chi connectivity index (χ1v) is 15.6. The van der Waals surface area contributed by atoms with Crippen molar-refractivity contribution in [2.75, 3.05) is 6.61 Å².